The van der Waals surface area contributed by atoms with Crippen molar-refractivity contribution in [3.05, 3.63) is 64.4 Å². The summed E-state index contributed by atoms with van der Waals surface area (Å²) in [5.74, 6) is -1.10. The maximum Gasteiger partial charge on any atom is 0.295 e. The predicted octanol–water partition coefficient (Wildman–Crippen LogP) is 4.29. The summed E-state index contributed by atoms with van der Waals surface area (Å²) in [5.41, 5.74) is 1.11. The number of Topliss-reactive ketones (excluding diaryl/α,β-unsaturated/α-hetero) is 1. The van der Waals surface area contributed by atoms with Gasteiger partial charge < -0.3 is 19.6 Å². The van der Waals surface area contributed by atoms with Crippen molar-refractivity contribution >= 4 is 29.1 Å². The molecule has 0 saturated carbocycles. The molecule has 1 amide bonds. The van der Waals surface area contributed by atoms with E-state index in [-0.39, 0.29) is 11.3 Å². The van der Waals surface area contributed by atoms with Crippen LogP contribution in [-0.4, -0.2) is 64.4 Å². The number of ether oxygens (including phenoxy) is 1. The van der Waals surface area contributed by atoms with E-state index < -0.39 is 17.7 Å². The minimum atomic E-state index is -0.706. The van der Waals surface area contributed by atoms with E-state index in [9.17, 15) is 14.7 Å². The smallest absolute Gasteiger partial charge is 0.295 e. The highest BCUT2D eigenvalue weighted by molar-refractivity contribution is 6.46. The van der Waals surface area contributed by atoms with Gasteiger partial charge in [0.15, 0.2) is 0 Å². The highest BCUT2D eigenvalue weighted by Gasteiger charge is 2.45. The van der Waals surface area contributed by atoms with E-state index >= 15 is 0 Å². The minimum Gasteiger partial charge on any atom is -0.507 e. The van der Waals surface area contributed by atoms with Gasteiger partial charge in [-0.05, 0) is 68.9 Å². The third kappa shape index (κ3) is 5.37. The van der Waals surface area contributed by atoms with E-state index in [1.807, 2.05) is 6.92 Å². The molecule has 1 N–H and O–H groups in total. The number of ketones is 1. The van der Waals surface area contributed by atoms with E-state index in [2.05, 4.69) is 23.7 Å². The zero-order valence-corrected chi connectivity index (χ0v) is 20.0. The summed E-state index contributed by atoms with van der Waals surface area (Å²) in [4.78, 5) is 34.0. The standard InChI is InChI=1S/C25H30ClN3O4/c1-4-28(5-2)14-7-15-29-22(17-10-12-27-13-11-17)21(24(31)25(29)32)23(30)18-8-9-20(33-6-3)19(26)16-18/h8-13,16,22,30H,4-7,14-15H2,1-3H3/b23-21+/t22-/m1/s1. The number of hydrogen-bond donors (Lipinski definition) is 1. The number of likely N-dealkylation sites (tertiary alicyclic amines) is 1. The molecular weight excluding hydrogens is 442 g/mol. The van der Waals surface area contributed by atoms with Gasteiger partial charge in [0.05, 0.1) is 23.2 Å². The minimum absolute atomic E-state index is 0.0502. The van der Waals surface area contributed by atoms with Crippen molar-refractivity contribution in [1.82, 2.24) is 14.8 Å². The summed E-state index contributed by atoms with van der Waals surface area (Å²) in [5, 5.41) is 11.5. The number of rotatable bonds is 10. The molecule has 176 valence electrons. The highest BCUT2D eigenvalue weighted by atomic mass is 35.5. The van der Waals surface area contributed by atoms with Crippen LogP contribution in [0.5, 0.6) is 5.75 Å². The lowest BCUT2D eigenvalue weighted by Gasteiger charge is -2.26. The summed E-state index contributed by atoms with van der Waals surface area (Å²) < 4.78 is 5.45. The Hall–Kier alpha value is -2.90. The summed E-state index contributed by atoms with van der Waals surface area (Å²) in [6, 6.07) is 7.62. The van der Waals surface area contributed by atoms with Gasteiger partial charge in [-0.15, -0.1) is 0 Å². The van der Waals surface area contributed by atoms with Gasteiger partial charge in [0.25, 0.3) is 11.7 Å². The van der Waals surface area contributed by atoms with Crippen LogP contribution in [0.4, 0.5) is 0 Å². The van der Waals surface area contributed by atoms with Crippen LogP contribution in [0.1, 0.15) is 44.4 Å². The fraction of sp³-hybridized carbons (Fsp3) is 0.400. The van der Waals surface area contributed by atoms with Gasteiger partial charge in [-0.1, -0.05) is 25.4 Å². The number of carbonyl (C=O) groups is 2. The average Bonchev–Trinajstić information content (AvgIpc) is 3.08. The zero-order chi connectivity index (χ0) is 24.0. The molecule has 0 aliphatic carbocycles. The first kappa shape index (κ1) is 24.7. The van der Waals surface area contributed by atoms with E-state index in [0.29, 0.717) is 41.5 Å². The van der Waals surface area contributed by atoms with Crippen LogP contribution in [0, 0.1) is 0 Å². The van der Waals surface area contributed by atoms with Crippen molar-refractivity contribution in [3.8, 4) is 5.75 Å². The van der Waals surface area contributed by atoms with Crippen LogP contribution in [0.25, 0.3) is 5.76 Å². The molecule has 1 aromatic heterocycles. The van der Waals surface area contributed by atoms with Crippen molar-refractivity contribution in [2.45, 2.75) is 33.2 Å². The maximum atomic E-state index is 13.1. The van der Waals surface area contributed by atoms with E-state index in [1.54, 1.807) is 47.6 Å². The van der Waals surface area contributed by atoms with Crippen LogP contribution in [0.3, 0.4) is 0 Å². The molecule has 0 spiro atoms. The van der Waals surface area contributed by atoms with Gasteiger partial charge in [-0.2, -0.15) is 0 Å². The molecule has 1 aromatic carbocycles. The molecule has 8 heteroatoms. The number of pyridine rings is 1. The fourth-order valence-corrected chi connectivity index (χ4v) is 4.32. The lowest BCUT2D eigenvalue weighted by atomic mass is 9.96. The molecule has 0 unspecified atom stereocenters. The molecule has 3 rings (SSSR count). The molecule has 7 nitrogen and oxygen atoms in total. The molecule has 1 fully saturated rings. The largest absolute Gasteiger partial charge is 0.507 e. The topological polar surface area (TPSA) is 83.0 Å². The first-order valence-corrected chi connectivity index (χ1v) is 11.6. The highest BCUT2D eigenvalue weighted by Crippen LogP contribution is 2.40. The van der Waals surface area contributed by atoms with Gasteiger partial charge in [0.2, 0.25) is 0 Å². The van der Waals surface area contributed by atoms with Crippen LogP contribution in [0.15, 0.2) is 48.3 Å². The fourth-order valence-electron chi connectivity index (χ4n) is 4.08. The summed E-state index contributed by atoms with van der Waals surface area (Å²) in [6.07, 6.45) is 3.93. The molecular formula is C25H30ClN3O4. The summed E-state index contributed by atoms with van der Waals surface area (Å²) >= 11 is 6.30. The molecule has 1 saturated heterocycles. The second kappa shape index (κ2) is 11.3. The summed E-state index contributed by atoms with van der Waals surface area (Å²) in [6.45, 7) is 9.53. The molecule has 2 heterocycles. The van der Waals surface area contributed by atoms with Gasteiger partial charge in [-0.25, -0.2) is 0 Å². The van der Waals surface area contributed by atoms with Crippen LogP contribution >= 0.6 is 11.6 Å². The van der Waals surface area contributed by atoms with Gasteiger partial charge >= 0.3 is 0 Å². The monoisotopic (exact) mass is 471 g/mol. The van der Waals surface area contributed by atoms with E-state index in [1.165, 1.54) is 0 Å². The van der Waals surface area contributed by atoms with Crippen molar-refractivity contribution in [1.29, 1.82) is 0 Å². The first-order chi connectivity index (χ1) is 15.9. The second-order valence-electron chi connectivity index (χ2n) is 7.73. The molecule has 0 bridgehead atoms. The predicted molar refractivity (Wildman–Crippen MR) is 128 cm³/mol. The first-order valence-electron chi connectivity index (χ1n) is 11.3. The number of amides is 1. The number of halogens is 1. The number of carbonyl (C=O) groups excluding carboxylic acids is 2. The Balaban J connectivity index is 2.01. The van der Waals surface area contributed by atoms with Crippen molar-refractivity contribution in [3.63, 3.8) is 0 Å². The average molecular weight is 472 g/mol. The number of benzene rings is 1. The Morgan fingerprint density at radius 2 is 1.85 bits per heavy atom. The van der Waals surface area contributed by atoms with Gasteiger partial charge in [0.1, 0.15) is 11.5 Å². The van der Waals surface area contributed by atoms with Crippen LogP contribution < -0.4 is 4.74 Å². The molecule has 1 aliphatic heterocycles. The number of aliphatic hydroxyl groups is 1. The van der Waals surface area contributed by atoms with E-state index in [4.69, 9.17) is 16.3 Å². The third-order valence-corrected chi connectivity index (χ3v) is 6.13. The molecule has 33 heavy (non-hydrogen) atoms. The quantitative estimate of drug-likeness (QED) is 0.316. The Kier molecular flexibility index (Phi) is 8.47. The Bertz CT molecular complexity index is 1020. The third-order valence-electron chi connectivity index (χ3n) is 5.83. The number of aromatic nitrogens is 1. The van der Waals surface area contributed by atoms with E-state index in [0.717, 1.165) is 19.6 Å². The Morgan fingerprint density at radius 1 is 1.15 bits per heavy atom. The number of aliphatic hydroxyl groups excluding tert-OH is 1. The molecule has 0 radical (unpaired) electrons. The molecule has 1 aliphatic rings. The SMILES string of the molecule is CCOc1ccc(/C(O)=C2\C(=O)C(=O)N(CCCN(CC)CC)[C@@H]2c2ccncc2)cc1Cl. The van der Waals surface area contributed by atoms with Crippen molar-refractivity contribution in [2.24, 2.45) is 0 Å². The maximum absolute atomic E-state index is 13.1. The second-order valence-corrected chi connectivity index (χ2v) is 8.14. The molecule has 2 aromatic rings. The Labute approximate surface area is 199 Å². The zero-order valence-electron chi connectivity index (χ0n) is 19.3. The lowest BCUT2D eigenvalue weighted by molar-refractivity contribution is -0.140. The summed E-state index contributed by atoms with van der Waals surface area (Å²) in [7, 11) is 0. The molecule has 1 atom stereocenters. The Morgan fingerprint density at radius 3 is 2.45 bits per heavy atom. The van der Waals surface area contributed by atoms with Crippen LogP contribution in [0.2, 0.25) is 5.02 Å². The lowest BCUT2D eigenvalue weighted by Crippen LogP contribution is -2.33. The van der Waals surface area contributed by atoms with Gasteiger partial charge in [-0.3, -0.25) is 14.6 Å². The van der Waals surface area contributed by atoms with Crippen LogP contribution in [-0.2, 0) is 9.59 Å². The van der Waals surface area contributed by atoms with Crippen molar-refractivity contribution in [2.75, 3.05) is 32.8 Å². The number of hydrogen-bond acceptors (Lipinski definition) is 6. The normalized spacial score (nSPS) is 17.7. The van der Waals surface area contributed by atoms with Crippen molar-refractivity contribution < 1.29 is 19.4 Å². The van der Waals surface area contributed by atoms with Gasteiger partial charge in [0, 0.05) is 24.5 Å². The number of nitrogens with zero attached hydrogens (tertiary/aromatic N) is 3.